The number of carbonyl (C=O) groups is 1. The summed E-state index contributed by atoms with van der Waals surface area (Å²) in [6, 6.07) is 0.0245. The maximum absolute atomic E-state index is 12.4. The molecule has 0 unspecified atom stereocenters. The number of rotatable bonds is 5. The molecule has 0 bridgehead atoms. The second kappa shape index (κ2) is 5.83. The van der Waals surface area contributed by atoms with Crippen LogP contribution in [0.3, 0.4) is 0 Å². The highest BCUT2D eigenvalue weighted by molar-refractivity contribution is 5.80. The number of hydrogen-bond donors (Lipinski definition) is 2. The Bertz CT molecular complexity index is 390. The van der Waals surface area contributed by atoms with Crippen molar-refractivity contribution in [2.24, 2.45) is 11.8 Å². The van der Waals surface area contributed by atoms with Gasteiger partial charge in [-0.15, -0.1) is 0 Å². The van der Waals surface area contributed by atoms with Crippen LogP contribution < -0.4 is 0 Å². The van der Waals surface area contributed by atoms with Crippen molar-refractivity contribution >= 4 is 5.97 Å². The summed E-state index contributed by atoms with van der Waals surface area (Å²) in [6.07, 6.45) is 1.38. The molecule has 2 fully saturated rings. The molecule has 0 radical (unpaired) electrons. The Morgan fingerprint density at radius 3 is 2.62 bits per heavy atom. The van der Waals surface area contributed by atoms with Crippen LogP contribution in [-0.2, 0) is 9.53 Å². The summed E-state index contributed by atoms with van der Waals surface area (Å²) >= 11 is 0. The van der Waals surface area contributed by atoms with E-state index >= 15 is 0 Å². The maximum atomic E-state index is 12.4. The Morgan fingerprint density at radius 1 is 1.38 bits per heavy atom. The molecule has 6 nitrogen and oxygen atoms in total. The molecule has 2 rings (SSSR count). The van der Waals surface area contributed by atoms with E-state index in [0.29, 0.717) is 13.1 Å². The first-order valence-electron chi connectivity index (χ1n) is 7.87. The Balaban J connectivity index is 1.95. The number of esters is 1. The van der Waals surface area contributed by atoms with Gasteiger partial charge < -0.3 is 24.8 Å². The average Bonchev–Trinajstić information content (AvgIpc) is 2.91. The number of aliphatic hydroxyl groups is 2. The van der Waals surface area contributed by atoms with Gasteiger partial charge in [0.15, 0.2) is 5.60 Å². The molecular formula is C15H27NO5. The molecule has 5 atom stereocenters. The third kappa shape index (κ3) is 2.82. The summed E-state index contributed by atoms with van der Waals surface area (Å²) in [5.41, 5.74) is -1.89. The van der Waals surface area contributed by atoms with Crippen molar-refractivity contribution in [1.82, 2.24) is 0 Å². The average molecular weight is 301 g/mol. The number of hydroxylamine groups is 3. The number of nitrogens with zero attached hydrogens (tertiary/aromatic N) is 1. The van der Waals surface area contributed by atoms with Gasteiger partial charge in [-0.3, -0.25) is 0 Å². The third-order valence-electron chi connectivity index (χ3n) is 5.34. The molecule has 0 aromatic heterocycles. The molecule has 2 aliphatic heterocycles. The monoisotopic (exact) mass is 301 g/mol. The molecule has 122 valence electrons. The Labute approximate surface area is 125 Å². The Kier molecular flexibility index (Phi) is 4.63. The van der Waals surface area contributed by atoms with E-state index in [2.05, 4.69) is 0 Å². The Hall–Kier alpha value is -0.690. The highest BCUT2D eigenvalue weighted by Crippen LogP contribution is 2.39. The first-order valence-corrected chi connectivity index (χ1v) is 7.87. The molecule has 2 aliphatic rings. The first-order chi connectivity index (χ1) is 9.71. The summed E-state index contributed by atoms with van der Waals surface area (Å²) in [6.45, 7) is 6.14. The topological polar surface area (TPSA) is 89.8 Å². The van der Waals surface area contributed by atoms with Gasteiger partial charge >= 0.3 is 5.97 Å². The molecule has 0 aromatic rings. The summed E-state index contributed by atoms with van der Waals surface area (Å²) in [5, 5.41) is 32.5. The smallest absolute Gasteiger partial charge is 0.341 e. The fraction of sp³-hybridized carbons (Fsp3) is 0.933. The number of aliphatic hydroxyl groups excluding tert-OH is 1. The lowest BCUT2D eigenvalue weighted by Crippen LogP contribution is -2.53. The molecule has 0 aromatic carbocycles. The van der Waals surface area contributed by atoms with E-state index in [1.807, 2.05) is 0 Å². The van der Waals surface area contributed by atoms with Crippen LogP contribution in [0, 0.1) is 17.0 Å². The zero-order valence-corrected chi connectivity index (χ0v) is 13.1. The number of hydrogen-bond acceptors (Lipinski definition) is 5. The van der Waals surface area contributed by atoms with Gasteiger partial charge in [-0.05, 0) is 12.8 Å². The molecule has 0 spiro atoms. The van der Waals surface area contributed by atoms with Crippen LogP contribution in [0.5, 0.6) is 0 Å². The van der Waals surface area contributed by atoms with Crippen LogP contribution in [-0.4, -0.2) is 58.3 Å². The van der Waals surface area contributed by atoms with Crippen LogP contribution in [0.2, 0.25) is 0 Å². The molecule has 6 heteroatoms. The standard InChI is InChI=1S/C15H27NO5/c1-10(2)15(19,11(3)17)14(18)21-9-12-6-8-16(20)7-4-5-13(12)16/h10-13,17,19H,4-9H2,1-3H3/t11-,12-,13-,15-,16-/m0/s1. The van der Waals surface area contributed by atoms with Crippen LogP contribution >= 0.6 is 0 Å². The lowest BCUT2D eigenvalue weighted by Gasteiger charge is -2.40. The van der Waals surface area contributed by atoms with Gasteiger partial charge in [0.1, 0.15) is 6.61 Å². The number of ether oxygens (including phenoxy) is 1. The zero-order valence-electron chi connectivity index (χ0n) is 13.1. The van der Waals surface area contributed by atoms with Crippen molar-refractivity contribution in [3.05, 3.63) is 5.21 Å². The van der Waals surface area contributed by atoms with E-state index in [1.54, 1.807) is 13.8 Å². The predicted octanol–water partition coefficient (Wildman–Crippen LogP) is 0.794. The third-order valence-corrected chi connectivity index (χ3v) is 5.34. The molecule has 0 saturated carbocycles. The quantitative estimate of drug-likeness (QED) is 0.445. The molecular weight excluding hydrogens is 274 g/mol. The zero-order chi connectivity index (χ0) is 15.8. The first kappa shape index (κ1) is 16.7. The van der Waals surface area contributed by atoms with Crippen molar-refractivity contribution in [1.29, 1.82) is 0 Å². The van der Waals surface area contributed by atoms with Crippen molar-refractivity contribution in [3.63, 3.8) is 0 Å². The number of carbonyl (C=O) groups excluding carboxylic acids is 1. The Morgan fingerprint density at radius 2 is 2.05 bits per heavy atom. The summed E-state index contributed by atoms with van der Waals surface area (Å²) < 4.78 is 5.12. The van der Waals surface area contributed by atoms with Crippen LogP contribution in [0.4, 0.5) is 0 Å². The van der Waals surface area contributed by atoms with Crippen LogP contribution in [0.15, 0.2) is 0 Å². The van der Waals surface area contributed by atoms with Crippen molar-refractivity contribution in [2.75, 3.05) is 19.7 Å². The number of fused-ring (bicyclic) bond motifs is 1. The summed E-state index contributed by atoms with van der Waals surface area (Å²) in [7, 11) is 0. The molecule has 0 amide bonds. The fourth-order valence-electron chi connectivity index (χ4n) is 3.82. The van der Waals surface area contributed by atoms with Gasteiger partial charge in [-0.25, -0.2) is 4.79 Å². The van der Waals surface area contributed by atoms with E-state index < -0.39 is 23.6 Å². The molecule has 0 aliphatic carbocycles. The van der Waals surface area contributed by atoms with Crippen molar-refractivity contribution < 1.29 is 24.4 Å². The lowest BCUT2D eigenvalue weighted by molar-refractivity contribution is -0.881. The van der Waals surface area contributed by atoms with Crippen LogP contribution in [0.25, 0.3) is 0 Å². The minimum atomic E-state index is -1.89. The second-order valence-electron chi connectivity index (χ2n) is 6.91. The normalized spacial score (nSPS) is 36.3. The number of quaternary nitrogens is 1. The van der Waals surface area contributed by atoms with E-state index in [0.717, 1.165) is 19.3 Å². The van der Waals surface area contributed by atoms with Crippen molar-refractivity contribution in [2.45, 2.75) is 57.8 Å². The van der Waals surface area contributed by atoms with E-state index in [1.165, 1.54) is 6.92 Å². The minimum Gasteiger partial charge on any atom is -0.633 e. The molecule has 2 N–H and O–H groups in total. The van der Waals surface area contributed by atoms with Gasteiger partial charge in [0.05, 0.1) is 31.2 Å². The van der Waals surface area contributed by atoms with Gasteiger partial charge in [-0.2, -0.15) is 0 Å². The summed E-state index contributed by atoms with van der Waals surface area (Å²) in [4.78, 5) is 12.2. The highest BCUT2D eigenvalue weighted by atomic mass is 16.6. The highest BCUT2D eigenvalue weighted by Gasteiger charge is 2.49. The maximum Gasteiger partial charge on any atom is 0.341 e. The lowest BCUT2D eigenvalue weighted by atomic mass is 9.85. The minimum absolute atomic E-state index is 0.0245. The fourth-order valence-corrected chi connectivity index (χ4v) is 3.82. The predicted molar refractivity (Wildman–Crippen MR) is 76.9 cm³/mol. The van der Waals surface area contributed by atoms with Crippen molar-refractivity contribution in [3.8, 4) is 0 Å². The second-order valence-corrected chi connectivity index (χ2v) is 6.91. The van der Waals surface area contributed by atoms with Gasteiger partial charge in [0.25, 0.3) is 0 Å². The van der Waals surface area contributed by atoms with Gasteiger partial charge in [0, 0.05) is 19.3 Å². The van der Waals surface area contributed by atoms with Gasteiger partial charge in [-0.1, -0.05) is 13.8 Å². The largest absolute Gasteiger partial charge is 0.633 e. The molecule has 21 heavy (non-hydrogen) atoms. The van der Waals surface area contributed by atoms with E-state index in [-0.39, 0.29) is 23.2 Å². The van der Waals surface area contributed by atoms with E-state index in [4.69, 9.17) is 4.74 Å². The summed E-state index contributed by atoms with van der Waals surface area (Å²) in [5.74, 6) is -1.17. The molecule has 2 heterocycles. The molecule has 2 saturated heterocycles. The SMILES string of the molecule is CC(C)[C@@](O)(C(=O)OC[C@@H]1CC[N@@+]2([O-])CCC[C@@H]12)[C@H](C)O. The van der Waals surface area contributed by atoms with E-state index in [9.17, 15) is 20.2 Å². The van der Waals surface area contributed by atoms with Gasteiger partial charge in [0.2, 0.25) is 0 Å². The van der Waals surface area contributed by atoms with Crippen LogP contribution in [0.1, 0.15) is 40.0 Å².